The number of aromatic nitrogens is 1. The molecule has 8 heteroatoms. The summed E-state index contributed by atoms with van der Waals surface area (Å²) in [6.45, 7) is -0.0811. The minimum absolute atomic E-state index is 0.0811. The standard InChI is InChI=1S/C20H26N4O2S2/c1-24(2)28-16-10-6-9-15(11-16)19(26)21-12-18(25)23-20-22-17(13-27-20)14-7-4-3-5-8-14/h6,9-11,13-14H,3-5,7-8,12H2,1-2H3,(H,21,26)(H,22,23,25). The Morgan fingerprint density at radius 3 is 2.79 bits per heavy atom. The summed E-state index contributed by atoms with van der Waals surface area (Å²) in [5, 5.41) is 8.10. The fourth-order valence-corrected chi connectivity index (χ4v) is 4.81. The summed E-state index contributed by atoms with van der Waals surface area (Å²) in [6.07, 6.45) is 6.17. The molecule has 2 amide bonds. The Morgan fingerprint density at radius 1 is 1.25 bits per heavy atom. The first-order valence-electron chi connectivity index (χ1n) is 9.50. The van der Waals surface area contributed by atoms with Gasteiger partial charge in [0.15, 0.2) is 5.13 Å². The number of nitrogens with zero attached hydrogens (tertiary/aromatic N) is 2. The Balaban J connectivity index is 1.49. The van der Waals surface area contributed by atoms with Gasteiger partial charge in [0.05, 0.1) is 12.2 Å². The summed E-state index contributed by atoms with van der Waals surface area (Å²) >= 11 is 2.98. The molecular weight excluding hydrogens is 392 g/mol. The first-order valence-corrected chi connectivity index (χ1v) is 11.2. The summed E-state index contributed by atoms with van der Waals surface area (Å²) in [5.74, 6) is -0.0160. The molecule has 1 aromatic heterocycles. The van der Waals surface area contributed by atoms with Crippen molar-refractivity contribution < 1.29 is 9.59 Å². The lowest BCUT2D eigenvalue weighted by Gasteiger charge is -2.19. The van der Waals surface area contributed by atoms with Gasteiger partial charge in [-0.05, 0) is 57.1 Å². The average molecular weight is 419 g/mol. The fraction of sp³-hybridized carbons (Fsp3) is 0.450. The predicted molar refractivity (Wildman–Crippen MR) is 115 cm³/mol. The van der Waals surface area contributed by atoms with Crippen molar-refractivity contribution in [2.75, 3.05) is 26.0 Å². The molecule has 1 aliphatic rings. The number of hydrogen-bond acceptors (Lipinski definition) is 6. The predicted octanol–water partition coefficient (Wildman–Crippen LogP) is 4.13. The van der Waals surface area contributed by atoms with Crippen LogP contribution in [0.15, 0.2) is 34.5 Å². The summed E-state index contributed by atoms with van der Waals surface area (Å²) in [5.41, 5.74) is 1.62. The van der Waals surface area contributed by atoms with E-state index in [1.165, 1.54) is 55.4 Å². The van der Waals surface area contributed by atoms with Crippen molar-refractivity contribution >= 4 is 40.2 Å². The van der Waals surface area contributed by atoms with Gasteiger partial charge in [-0.25, -0.2) is 4.98 Å². The Morgan fingerprint density at radius 2 is 2.04 bits per heavy atom. The second-order valence-corrected chi connectivity index (χ2v) is 9.32. The molecule has 0 aliphatic heterocycles. The van der Waals surface area contributed by atoms with Gasteiger partial charge in [-0.2, -0.15) is 0 Å². The van der Waals surface area contributed by atoms with Crippen LogP contribution in [-0.4, -0.2) is 41.7 Å². The van der Waals surface area contributed by atoms with Crippen molar-refractivity contribution in [3.05, 3.63) is 40.9 Å². The van der Waals surface area contributed by atoms with Crippen molar-refractivity contribution in [1.82, 2.24) is 14.6 Å². The third-order valence-electron chi connectivity index (χ3n) is 4.59. The van der Waals surface area contributed by atoms with E-state index >= 15 is 0 Å². The normalized spacial score (nSPS) is 14.8. The molecule has 0 unspecified atom stereocenters. The molecule has 0 atom stereocenters. The van der Waals surface area contributed by atoms with E-state index < -0.39 is 0 Å². The van der Waals surface area contributed by atoms with Crippen LogP contribution in [0.25, 0.3) is 0 Å². The number of rotatable bonds is 7. The highest BCUT2D eigenvalue weighted by Crippen LogP contribution is 2.34. The molecule has 0 spiro atoms. The maximum atomic E-state index is 12.3. The van der Waals surface area contributed by atoms with Crippen molar-refractivity contribution in [2.24, 2.45) is 0 Å². The van der Waals surface area contributed by atoms with E-state index in [1.54, 1.807) is 6.07 Å². The number of thiazole rings is 1. The van der Waals surface area contributed by atoms with Gasteiger partial charge in [-0.3, -0.25) is 13.9 Å². The van der Waals surface area contributed by atoms with Crippen LogP contribution in [0.2, 0.25) is 0 Å². The monoisotopic (exact) mass is 418 g/mol. The molecular formula is C20H26N4O2S2. The molecule has 2 N–H and O–H groups in total. The van der Waals surface area contributed by atoms with Gasteiger partial charge in [0, 0.05) is 21.8 Å². The molecule has 1 fully saturated rings. The Kier molecular flexibility index (Phi) is 7.47. The van der Waals surface area contributed by atoms with E-state index in [0.717, 1.165) is 10.6 Å². The molecule has 150 valence electrons. The topological polar surface area (TPSA) is 74.3 Å². The largest absolute Gasteiger partial charge is 0.343 e. The Hall–Kier alpha value is -1.90. The van der Waals surface area contributed by atoms with E-state index in [0.29, 0.717) is 16.6 Å². The van der Waals surface area contributed by atoms with Gasteiger partial charge >= 0.3 is 0 Å². The number of hydrogen-bond donors (Lipinski definition) is 2. The van der Waals surface area contributed by atoms with Crippen LogP contribution in [0, 0.1) is 0 Å². The van der Waals surface area contributed by atoms with Crippen molar-refractivity contribution in [2.45, 2.75) is 42.9 Å². The second-order valence-electron chi connectivity index (χ2n) is 7.07. The minimum Gasteiger partial charge on any atom is -0.343 e. The molecule has 6 nitrogen and oxygen atoms in total. The second kappa shape index (κ2) is 10.0. The SMILES string of the molecule is CN(C)Sc1cccc(C(=O)NCC(=O)Nc2nc(C3CCCCC3)cs2)c1. The van der Waals surface area contributed by atoms with Crippen LogP contribution < -0.4 is 10.6 Å². The molecule has 1 aromatic carbocycles. The van der Waals surface area contributed by atoms with Crippen molar-refractivity contribution in [3.63, 3.8) is 0 Å². The number of carbonyl (C=O) groups excluding carboxylic acids is 2. The molecule has 1 aliphatic carbocycles. The highest BCUT2D eigenvalue weighted by atomic mass is 32.2. The first kappa shape index (κ1) is 20.8. The molecule has 0 saturated heterocycles. The number of benzene rings is 1. The molecule has 2 aromatic rings. The molecule has 1 heterocycles. The Labute approximate surface area is 174 Å². The van der Waals surface area contributed by atoms with Gasteiger partial charge < -0.3 is 10.6 Å². The van der Waals surface area contributed by atoms with Crippen molar-refractivity contribution in [3.8, 4) is 0 Å². The molecule has 1 saturated carbocycles. The van der Waals surface area contributed by atoms with Gasteiger partial charge in [0.2, 0.25) is 5.91 Å². The average Bonchev–Trinajstić information content (AvgIpc) is 3.15. The van der Waals surface area contributed by atoms with Crippen LogP contribution >= 0.6 is 23.3 Å². The maximum absolute atomic E-state index is 12.3. The van der Waals surface area contributed by atoms with Crippen molar-refractivity contribution in [1.29, 1.82) is 0 Å². The van der Waals surface area contributed by atoms with E-state index in [1.807, 2.05) is 42.0 Å². The lowest BCUT2D eigenvalue weighted by atomic mass is 9.87. The zero-order valence-electron chi connectivity index (χ0n) is 16.2. The van der Waals surface area contributed by atoms with E-state index in [2.05, 4.69) is 15.6 Å². The summed E-state index contributed by atoms with van der Waals surface area (Å²) in [6, 6.07) is 7.34. The quantitative estimate of drug-likeness (QED) is 0.662. The van der Waals surface area contributed by atoms with Gasteiger partial charge in [-0.1, -0.05) is 25.3 Å². The Bertz CT molecular complexity index is 816. The van der Waals surface area contributed by atoms with E-state index in [9.17, 15) is 9.59 Å². The minimum atomic E-state index is -0.267. The number of carbonyl (C=O) groups is 2. The summed E-state index contributed by atoms with van der Waals surface area (Å²) < 4.78 is 1.96. The number of anilines is 1. The highest BCUT2D eigenvalue weighted by Gasteiger charge is 2.19. The van der Waals surface area contributed by atoms with Crippen LogP contribution in [0.1, 0.15) is 54.1 Å². The number of amides is 2. The van der Waals surface area contributed by atoms with Gasteiger partial charge in [-0.15, -0.1) is 11.3 Å². The third-order valence-corrected chi connectivity index (χ3v) is 6.19. The molecule has 3 rings (SSSR count). The summed E-state index contributed by atoms with van der Waals surface area (Å²) in [4.78, 5) is 30.0. The molecule has 0 bridgehead atoms. The smallest absolute Gasteiger partial charge is 0.251 e. The lowest BCUT2D eigenvalue weighted by Crippen LogP contribution is -2.32. The molecule has 28 heavy (non-hydrogen) atoms. The fourth-order valence-electron chi connectivity index (χ4n) is 3.26. The lowest BCUT2D eigenvalue weighted by molar-refractivity contribution is -0.115. The zero-order valence-corrected chi connectivity index (χ0v) is 17.9. The zero-order chi connectivity index (χ0) is 19.9. The number of nitrogens with one attached hydrogen (secondary N) is 2. The van der Waals surface area contributed by atoms with Crippen LogP contribution in [0.4, 0.5) is 5.13 Å². The van der Waals surface area contributed by atoms with Gasteiger partial charge in [0.1, 0.15) is 0 Å². The van der Waals surface area contributed by atoms with E-state index in [-0.39, 0.29) is 18.4 Å². The van der Waals surface area contributed by atoms with Crippen LogP contribution in [-0.2, 0) is 4.79 Å². The highest BCUT2D eigenvalue weighted by molar-refractivity contribution is 7.97. The maximum Gasteiger partial charge on any atom is 0.251 e. The van der Waals surface area contributed by atoms with Crippen LogP contribution in [0.5, 0.6) is 0 Å². The third kappa shape index (κ3) is 6.05. The van der Waals surface area contributed by atoms with Gasteiger partial charge in [0.25, 0.3) is 5.91 Å². The first-order chi connectivity index (χ1) is 13.5. The van der Waals surface area contributed by atoms with Crippen LogP contribution in [0.3, 0.4) is 0 Å². The van der Waals surface area contributed by atoms with E-state index in [4.69, 9.17) is 0 Å². The summed E-state index contributed by atoms with van der Waals surface area (Å²) in [7, 11) is 3.89. The molecule has 0 radical (unpaired) electrons.